The maximum Gasteiger partial charge on any atom is 0.227 e. The Morgan fingerprint density at radius 3 is 2.95 bits per heavy atom. The third-order valence-corrected chi connectivity index (χ3v) is 3.50. The van der Waals surface area contributed by atoms with Crippen molar-refractivity contribution in [1.29, 1.82) is 0 Å². The van der Waals surface area contributed by atoms with Crippen molar-refractivity contribution in [2.75, 3.05) is 10.6 Å². The van der Waals surface area contributed by atoms with Crippen LogP contribution in [0.25, 0.3) is 0 Å². The van der Waals surface area contributed by atoms with E-state index in [0.29, 0.717) is 25.2 Å². The molecule has 2 heterocycles. The zero-order chi connectivity index (χ0) is 14.1. The summed E-state index contributed by atoms with van der Waals surface area (Å²) in [4.78, 5) is 17.8. The van der Waals surface area contributed by atoms with Crippen LogP contribution in [0.4, 0.5) is 15.9 Å². The van der Waals surface area contributed by atoms with Gasteiger partial charge >= 0.3 is 0 Å². The number of nitrogens with zero attached hydrogens (tertiary/aromatic N) is 2. The molecule has 1 aromatic heterocycles. The Bertz CT molecular complexity index is 672. The lowest BCUT2D eigenvalue weighted by Crippen LogP contribution is -2.34. The minimum absolute atomic E-state index is 0.0207. The SMILES string of the molecule is Nc1ncccc1CN1C(=O)CCc2cc(F)ccc21. The Labute approximate surface area is 116 Å². The van der Waals surface area contributed by atoms with Gasteiger partial charge in [0.05, 0.1) is 6.54 Å². The van der Waals surface area contributed by atoms with Crippen LogP contribution in [0.2, 0.25) is 0 Å². The number of anilines is 2. The molecule has 0 fully saturated rings. The number of halogens is 1. The maximum absolute atomic E-state index is 13.3. The van der Waals surface area contributed by atoms with E-state index < -0.39 is 0 Å². The summed E-state index contributed by atoms with van der Waals surface area (Å²) in [6.45, 7) is 0.358. The Morgan fingerprint density at radius 2 is 2.15 bits per heavy atom. The first kappa shape index (κ1) is 12.6. The van der Waals surface area contributed by atoms with Crippen LogP contribution >= 0.6 is 0 Å². The summed E-state index contributed by atoms with van der Waals surface area (Å²) >= 11 is 0. The molecule has 1 aromatic carbocycles. The third-order valence-electron chi connectivity index (χ3n) is 3.50. The second kappa shape index (κ2) is 4.92. The number of aromatic nitrogens is 1. The van der Waals surface area contributed by atoms with Crippen LogP contribution in [0.15, 0.2) is 36.5 Å². The molecule has 2 N–H and O–H groups in total. The Morgan fingerprint density at radius 1 is 1.30 bits per heavy atom. The molecule has 20 heavy (non-hydrogen) atoms. The first-order valence-corrected chi connectivity index (χ1v) is 6.43. The summed E-state index contributed by atoms with van der Waals surface area (Å²) in [5.41, 5.74) is 8.22. The van der Waals surface area contributed by atoms with Gasteiger partial charge in [-0.25, -0.2) is 9.37 Å². The van der Waals surface area contributed by atoms with Gasteiger partial charge in [0, 0.05) is 23.9 Å². The lowest BCUT2D eigenvalue weighted by Gasteiger charge is -2.29. The van der Waals surface area contributed by atoms with Crippen LogP contribution in [-0.2, 0) is 17.8 Å². The predicted molar refractivity (Wildman–Crippen MR) is 74.6 cm³/mol. The normalized spacial score (nSPS) is 14.2. The highest BCUT2D eigenvalue weighted by Crippen LogP contribution is 2.30. The van der Waals surface area contributed by atoms with E-state index in [0.717, 1.165) is 16.8 Å². The van der Waals surface area contributed by atoms with Gasteiger partial charge in [0.15, 0.2) is 0 Å². The Hall–Kier alpha value is -2.43. The third kappa shape index (κ3) is 2.22. The molecule has 0 atom stereocenters. The molecule has 1 aliphatic heterocycles. The highest BCUT2D eigenvalue weighted by atomic mass is 19.1. The van der Waals surface area contributed by atoms with Gasteiger partial charge in [-0.2, -0.15) is 0 Å². The van der Waals surface area contributed by atoms with Gasteiger partial charge in [-0.1, -0.05) is 6.07 Å². The number of nitrogen functional groups attached to an aromatic ring is 1. The van der Waals surface area contributed by atoms with Gasteiger partial charge in [-0.15, -0.1) is 0 Å². The van der Waals surface area contributed by atoms with E-state index in [2.05, 4.69) is 4.98 Å². The van der Waals surface area contributed by atoms with Crippen LogP contribution in [0, 0.1) is 5.82 Å². The van der Waals surface area contributed by atoms with Gasteiger partial charge in [0.25, 0.3) is 0 Å². The molecule has 0 saturated heterocycles. The molecule has 0 spiro atoms. The van der Waals surface area contributed by atoms with E-state index in [1.165, 1.54) is 12.1 Å². The second-order valence-corrected chi connectivity index (χ2v) is 4.80. The first-order valence-electron chi connectivity index (χ1n) is 6.43. The van der Waals surface area contributed by atoms with E-state index in [9.17, 15) is 9.18 Å². The summed E-state index contributed by atoms with van der Waals surface area (Å²) < 4.78 is 13.3. The standard InChI is InChI=1S/C15H14FN3O/c16-12-4-5-13-10(8-12)3-6-14(20)19(13)9-11-2-1-7-18-15(11)17/h1-2,4-5,7-8H,3,6,9H2,(H2,17,18). The number of hydrogen-bond donors (Lipinski definition) is 1. The number of fused-ring (bicyclic) bond motifs is 1. The topological polar surface area (TPSA) is 59.2 Å². The smallest absolute Gasteiger partial charge is 0.227 e. The molecule has 0 aliphatic carbocycles. The van der Waals surface area contributed by atoms with Crippen LogP contribution < -0.4 is 10.6 Å². The number of aryl methyl sites for hydroxylation is 1. The predicted octanol–water partition coefficient (Wildman–Crippen LogP) is 2.28. The fraction of sp³-hybridized carbons (Fsp3) is 0.200. The van der Waals surface area contributed by atoms with Crippen molar-refractivity contribution in [2.24, 2.45) is 0 Å². The molecule has 4 nitrogen and oxygen atoms in total. The van der Waals surface area contributed by atoms with E-state index in [-0.39, 0.29) is 11.7 Å². The van der Waals surface area contributed by atoms with Crippen molar-refractivity contribution < 1.29 is 9.18 Å². The van der Waals surface area contributed by atoms with Crippen LogP contribution in [0.1, 0.15) is 17.5 Å². The number of carbonyl (C=O) groups excluding carboxylic acids is 1. The number of rotatable bonds is 2. The van der Waals surface area contributed by atoms with Crippen molar-refractivity contribution in [3.8, 4) is 0 Å². The monoisotopic (exact) mass is 271 g/mol. The Balaban J connectivity index is 1.97. The van der Waals surface area contributed by atoms with Crippen molar-refractivity contribution in [3.05, 3.63) is 53.5 Å². The van der Waals surface area contributed by atoms with Crippen LogP contribution in [0.3, 0.4) is 0 Å². The average Bonchev–Trinajstić information content (AvgIpc) is 2.44. The minimum atomic E-state index is -0.279. The molecule has 102 valence electrons. The molecular weight excluding hydrogens is 257 g/mol. The summed E-state index contributed by atoms with van der Waals surface area (Å²) in [7, 11) is 0. The lowest BCUT2D eigenvalue weighted by molar-refractivity contribution is -0.119. The zero-order valence-corrected chi connectivity index (χ0v) is 10.8. The molecule has 5 heteroatoms. The molecule has 0 radical (unpaired) electrons. The molecular formula is C15H14FN3O. The van der Waals surface area contributed by atoms with Crippen molar-refractivity contribution in [3.63, 3.8) is 0 Å². The van der Waals surface area contributed by atoms with Crippen molar-refractivity contribution in [1.82, 2.24) is 4.98 Å². The first-order chi connectivity index (χ1) is 9.65. The van der Waals surface area contributed by atoms with Gasteiger partial charge in [-0.05, 0) is 36.2 Å². The number of amides is 1. The Kier molecular flexibility index (Phi) is 3.10. The molecule has 0 unspecified atom stereocenters. The van der Waals surface area contributed by atoms with E-state index in [1.54, 1.807) is 23.2 Å². The fourth-order valence-corrected chi connectivity index (χ4v) is 2.46. The van der Waals surface area contributed by atoms with Crippen molar-refractivity contribution >= 4 is 17.4 Å². The number of pyridine rings is 1. The summed E-state index contributed by atoms with van der Waals surface area (Å²) in [6.07, 6.45) is 2.57. The average molecular weight is 271 g/mol. The maximum atomic E-state index is 13.3. The lowest BCUT2D eigenvalue weighted by atomic mass is 10.0. The zero-order valence-electron chi connectivity index (χ0n) is 10.8. The largest absolute Gasteiger partial charge is 0.383 e. The van der Waals surface area contributed by atoms with E-state index in [4.69, 9.17) is 5.73 Å². The summed E-state index contributed by atoms with van der Waals surface area (Å²) in [6, 6.07) is 8.13. The van der Waals surface area contributed by atoms with Crippen LogP contribution in [0.5, 0.6) is 0 Å². The van der Waals surface area contributed by atoms with E-state index in [1.807, 2.05) is 6.07 Å². The minimum Gasteiger partial charge on any atom is -0.383 e. The van der Waals surface area contributed by atoms with E-state index >= 15 is 0 Å². The molecule has 0 bridgehead atoms. The summed E-state index contributed by atoms with van der Waals surface area (Å²) in [5, 5.41) is 0. The molecule has 3 rings (SSSR count). The quantitative estimate of drug-likeness (QED) is 0.911. The van der Waals surface area contributed by atoms with Crippen molar-refractivity contribution in [2.45, 2.75) is 19.4 Å². The number of benzene rings is 1. The molecule has 0 saturated carbocycles. The fourth-order valence-electron chi connectivity index (χ4n) is 2.46. The molecule has 1 aliphatic rings. The number of carbonyl (C=O) groups is 1. The highest BCUT2D eigenvalue weighted by Gasteiger charge is 2.25. The van der Waals surface area contributed by atoms with Crippen LogP contribution in [-0.4, -0.2) is 10.9 Å². The van der Waals surface area contributed by atoms with Gasteiger partial charge in [0.2, 0.25) is 5.91 Å². The van der Waals surface area contributed by atoms with Gasteiger partial charge < -0.3 is 10.6 Å². The number of hydrogen-bond acceptors (Lipinski definition) is 3. The summed E-state index contributed by atoms with van der Waals surface area (Å²) in [5.74, 6) is 0.154. The molecule has 2 aromatic rings. The highest BCUT2D eigenvalue weighted by molar-refractivity contribution is 5.96. The second-order valence-electron chi connectivity index (χ2n) is 4.80. The van der Waals surface area contributed by atoms with Gasteiger partial charge in [0.1, 0.15) is 11.6 Å². The molecule has 1 amide bonds. The number of nitrogens with two attached hydrogens (primary N) is 1. The van der Waals surface area contributed by atoms with Gasteiger partial charge in [-0.3, -0.25) is 4.79 Å².